The van der Waals surface area contributed by atoms with Crippen molar-refractivity contribution in [2.24, 2.45) is 5.73 Å². The van der Waals surface area contributed by atoms with E-state index in [-0.39, 0.29) is 11.8 Å². The minimum Gasteiger partial charge on any atom is -0.321 e. The Balaban J connectivity index is 2.72. The first kappa shape index (κ1) is 22.1. The van der Waals surface area contributed by atoms with Crippen LogP contribution in [0.15, 0.2) is 4.90 Å². The molecular weight excluding hydrogens is 425 g/mol. The third-order valence-electron chi connectivity index (χ3n) is 3.61. The summed E-state index contributed by atoms with van der Waals surface area (Å²) in [6.45, 7) is 1.05. The molecule has 0 fully saturated rings. The Morgan fingerprint density at radius 3 is 1.39 bits per heavy atom. The topological polar surface area (TPSA) is 43.1 Å². The number of rotatable bonds is 5. The van der Waals surface area contributed by atoms with Crippen LogP contribution in [0.25, 0.3) is 11.1 Å². The number of benzene rings is 2. The van der Waals surface area contributed by atoms with E-state index in [4.69, 9.17) is 5.73 Å². The molecule has 0 saturated heterocycles. The van der Waals surface area contributed by atoms with Gasteiger partial charge in [-0.15, -0.1) is 11.8 Å². The van der Waals surface area contributed by atoms with Gasteiger partial charge in [0.1, 0.15) is 5.78 Å². The summed E-state index contributed by atoms with van der Waals surface area (Å²) >= 11 is 0.0880. The van der Waals surface area contributed by atoms with Gasteiger partial charge < -0.3 is 5.73 Å². The average molecular weight is 433 g/mol. The van der Waals surface area contributed by atoms with Crippen molar-refractivity contribution in [3.05, 3.63) is 52.4 Å². The van der Waals surface area contributed by atoms with Crippen molar-refractivity contribution in [1.29, 1.82) is 0 Å². The average Bonchev–Trinajstić information content (AvgIpc) is 2.65. The van der Waals surface area contributed by atoms with Crippen molar-refractivity contribution in [3.8, 4) is 11.1 Å². The van der Waals surface area contributed by atoms with Gasteiger partial charge in [-0.3, -0.25) is 4.79 Å². The van der Waals surface area contributed by atoms with Crippen LogP contribution < -0.4 is 5.73 Å². The van der Waals surface area contributed by atoms with Crippen molar-refractivity contribution in [3.63, 3.8) is 0 Å². The number of ketones is 1. The molecule has 0 spiro atoms. The fourth-order valence-corrected chi connectivity index (χ4v) is 3.09. The van der Waals surface area contributed by atoms with Gasteiger partial charge in [-0.05, 0) is 6.92 Å². The number of thioether (sulfide) groups is 1. The molecule has 0 bridgehead atoms. The summed E-state index contributed by atoms with van der Waals surface area (Å²) < 4.78 is 124. The standard InChI is InChI=1S/C16H8F9NOS/c1-3(27)4(26)2-28-16-14(24)9(19)6(10(20)15(16)25)5-7(17)11(21)13(23)12(22)8(5)18/h4H,2,26H2,1H3/t4-/m0/s1. The highest BCUT2D eigenvalue weighted by atomic mass is 32.2. The fraction of sp³-hybridized carbons (Fsp3) is 0.188. The monoisotopic (exact) mass is 433 g/mol. The summed E-state index contributed by atoms with van der Waals surface area (Å²) in [4.78, 5) is 9.70. The van der Waals surface area contributed by atoms with Gasteiger partial charge in [0.05, 0.1) is 22.1 Å². The van der Waals surface area contributed by atoms with Crippen molar-refractivity contribution < 1.29 is 44.3 Å². The van der Waals surface area contributed by atoms with Gasteiger partial charge >= 0.3 is 0 Å². The molecular formula is C16H8F9NOS. The quantitative estimate of drug-likeness (QED) is 0.324. The third kappa shape index (κ3) is 3.58. The maximum Gasteiger partial charge on any atom is 0.200 e. The van der Waals surface area contributed by atoms with Crippen LogP contribution in [0.5, 0.6) is 0 Å². The normalized spacial score (nSPS) is 12.4. The van der Waals surface area contributed by atoms with Gasteiger partial charge in [0.2, 0.25) is 5.82 Å². The lowest BCUT2D eigenvalue weighted by molar-refractivity contribution is -0.117. The summed E-state index contributed by atoms with van der Waals surface area (Å²) in [6, 6.07) is -1.25. The maximum atomic E-state index is 14.2. The summed E-state index contributed by atoms with van der Waals surface area (Å²) in [7, 11) is 0. The largest absolute Gasteiger partial charge is 0.321 e. The zero-order chi connectivity index (χ0) is 21.5. The Hall–Kier alpha value is -2.21. The van der Waals surface area contributed by atoms with Crippen LogP contribution in [-0.4, -0.2) is 17.6 Å². The van der Waals surface area contributed by atoms with E-state index in [2.05, 4.69) is 0 Å². The predicted molar refractivity (Wildman–Crippen MR) is 80.9 cm³/mol. The van der Waals surface area contributed by atoms with E-state index in [9.17, 15) is 44.3 Å². The summed E-state index contributed by atoms with van der Waals surface area (Å²) in [6.07, 6.45) is 0. The van der Waals surface area contributed by atoms with Crippen LogP contribution in [0, 0.1) is 52.4 Å². The van der Waals surface area contributed by atoms with E-state index >= 15 is 0 Å². The Morgan fingerprint density at radius 2 is 1.04 bits per heavy atom. The lowest BCUT2D eigenvalue weighted by Gasteiger charge is -2.15. The van der Waals surface area contributed by atoms with E-state index in [0.29, 0.717) is 0 Å². The Morgan fingerprint density at radius 1 is 0.714 bits per heavy atom. The molecule has 2 nitrogen and oxygen atoms in total. The Labute approximate surface area is 155 Å². The summed E-state index contributed by atoms with van der Waals surface area (Å²) in [5.74, 6) is -23.3. The van der Waals surface area contributed by atoms with Gasteiger partial charge in [-0.25, -0.2) is 39.5 Å². The van der Waals surface area contributed by atoms with Gasteiger partial charge in [0.25, 0.3) is 0 Å². The number of Topliss-reactive ketones (excluding diaryl/α,β-unsaturated/α-hetero) is 1. The van der Waals surface area contributed by atoms with Crippen molar-refractivity contribution in [2.45, 2.75) is 17.9 Å². The van der Waals surface area contributed by atoms with Crippen LogP contribution in [0.3, 0.4) is 0 Å². The molecule has 0 aromatic heterocycles. The van der Waals surface area contributed by atoms with Crippen molar-refractivity contribution in [2.75, 3.05) is 5.75 Å². The first-order valence-electron chi connectivity index (χ1n) is 7.18. The molecule has 28 heavy (non-hydrogen) atoms. The second-order valence-electron chi connectivity index (χ2n) is 5.43. The van der Waals surface area contributed by atoms with E-state index in [0.717, 1.165) is 6.92 Å². The molecule has 0 amide bonds. The second kappa shape index (κ2) is 8.03. The fourth-order valence-electron chi connectivity index (χ4n) is 2.07. The molecule has 2 aromatic rings. The highest BCUT2D eigenvalue weighted by Gasteiger charge is 2.34. The lowest BCUT2D eigenvalue weighted by atomic mass is 10.0. The van der Waals surface area contributed by atoms with Crippen LogP contribution >= 0.6 is 11.8 Å². The molecule has 2 aromatic carbocycles. The van der Waals surface area contributed by atoms with Crippen LogP contribution in [0.4, 0.5) is 39.5 Å². The molecule has 0 saturated carbocycles. The Kier molecular flexibility index (Phi) is 6.34. The van der Waals surface area contributed by atoms with Crippen LogP contribution in [0.1, 0.15) is 6.92 Å². The van der Waals surface area contributed by atoms with Gasteiger partial charge in [-0.2, -0.15) is 0 Å². The summed E-state index contributed by atoms with van der Waals surface area (Å²) in [5, 5.41) is 0. The summed E-state index contributed by atoms with van der Waals surface area (Å²) in [5.41, 5.74) is 1.05. The predicted octanol–water partition coefficient (Wildman–Crippen LogP) is 4.61. The number of halogens is 9. The number of carbonyl (C=O) groups excluding carboxylic acids is 1. The third-order valence-corrected chi connectivity index (χ3v) is 4.79. The molecule has 0 aliphatic rings. The van der Waals surface area contributed by atoms with Gasteiger partial charge in [0.15, 0.2) is 46.5 Å². The molecule has 2 N–H and O–H groups in total. The molecule has 12 heteroatoms. The molecule has 0 aliphatic heterocycles. The van der Waals surface area contributed by atoms with E-state index in [1.54, 1.807) is 0 Å². The molecule has 2 rings (SSSR count). The number of hydrogen-bond acceptors (Lipinski definition) is 3. The van der Waals surface area contributed by atoms with Gasteiger partial charge in [-0.1, -0.05) is 0 Å². The highest BCUT2D eigenvalue weighted by molar-refractivity contribution is 7.99. The molecule has 0 aliphatic carbocycles. The molecule has 0 heterocycles. The number of nitrogens with two attached hydrogens (primary N) is 1. The maximum absolute atomic E-state index is 14.2. The second-order valence-corrected chi connectivity index (χ2v) is 6.46. The lowest BCUT2D eigenvalue weighted by Crippen LogP contribution is -2.30. The minimum atomic E-state index is -2.64. The molecule has 0 radical (unpaired) electrons. The molecule has 1 atom stereocenters. The number of hydrogen-bond donors (Lipinski definition) is 1. The molecule has 152 valence electrons. The van der Waals surface area contributed by atoms with Crippen LogP contribution in [-0.2, 0) is 4.79 Å². The van der Waals surface area contributed by atoms with Crippen molar-refractivity contribution in [1.82, 2.24) is 0 Å². The zero-order valence-corrected chi connectivity index (χ0v) is 14.4. The first-order valence-corrected chi connectivity index (χ1v) is 8.16. The smallest absolute Gasteiger partial charge is 0.200 e. The zero-order valence-electron chi connectivity index (χ0n) is 13.6. The van der Waals surface area contributed by atoms with E-state index in [1.807, 2.05) is 0 Å². The SMILES string of the molecule is CC(=O)[C@@H](N)CSc1c(F)c(F)c(-c2c(F)c(F)c(F)c(F)c2F)c(F)c1F. The molecule has 0 unspecified atom stereocenters. The first-order chi connectivity index (χ1) is 12.9. The van der Waals surface area contributed by atoms with Crippen LogP contribution in [0.2, 0.25) is 0 Å². The van der Waals surface area contributed by atoms with E-state index < -0.39 is 86.0 Å². The number of carbonyl (C=O) groups is 1. The van der Waals surface area contributed by atoms with Gasteiger partial charge in [0, 0.05) is 5.75 Å². The van der Waals surface area contributed by atoms with Crippen molar-refractivity contribution >= 4 is 17.5 Å². The van der Waals surface area contributed by atoms with E-state index in [1.165, 1.54) is 0 Å². The minimum absolute atomic E-state index is 0.0880. The Bertz CT molecular complexity index is 922. The highest BCUT2D eigenvalue weighted by Crippen LogP contribution is 2.40.